The van der Waals surface area contributed by atoms with Crippen molar-refractivity contribution in [1.29, 1.82) is 0 Å². The number of sulfonamides is 1. The molecular weight excluding hydrogens is 394 g/mol. The van der Waals surface area contributed by atoms with Gasteiger partial charge < -0.3 is 4.57 Å². The second-order valence-electron chi connectivity index (χ2n) is 6.80. The Morgan fingerprint density at radius 3 is 2.52 bits per heavy atom. The van der Waals surface area contributed by atoms with E-state index in [1.807, 2.05) is 10.6 Å². The standard InChI is InChI=1S/C19H19N5O4S/c25-24(26)14-9-11-15(12-10-14)29(27,28)22-17-7-4-3-6-16(17)19-21-20-18-8-2-1-5-13-23(18)19/h3-4,6-7,9-12,22H,1-2,5,8,13H2. The van der Waals surface area contributed by atoms with Gasteiger partial charge in [0.2, 0.25) is 0 Å². The van der Waals surface area contributed by atoms with Crippen LogP contribution in [0.5, 0.6) is 0 Å². The molecule has 0 saturated carbocycles. The molecule has 0 fully saturated rings. The van der Waals surface area contributed by atoms with Gasteiger partial charge in [0, 0.05) is 30.7 Å². The van der Waals surface area contributed by atoms with Crippen LogP contribution in [0.25, 0.3) is 11.4 Å². The smallest absolute Gasteiger partial charge is 0.269 e. The third kappa shape index (κ3) is 3.83. The van der Waals surface area contributed by atoms with Crippen LogP contribution in [0.3, 0.4) is 0 Å². The number of benzene rings is 2. The molecule has 9 nitrogen and oxygen atoms in total. The molecular formula is C19H19N5O4S. The summed E-state index contributed by atoms with van der Waals surface area (Å²) in [6, 6.07) is 11.8. The van der Waals surface area contributed by atoms with Crippen molar-refractivity contribution >= 4 is 21.4 Å². The van der Waals surface area contributed by atoms with E-state index in [1.54, 1.807) is 18.2 Å². The number of para-hydroxylation sites is 1. The Labute approximate surface area is 167 Å². The first kappa shape index (κ1) is 19.1. The molecule has 150 valence electrons. The van der Waals surface area contributed by atoms with Gasteiger partial charge in [0.1, 0.15) is 5.82 Å². The van der Waals surface area contributed by atoms with Crippen molar-refractivity contribution in [2.45, 2.75) is 37.1 Å². The number of nitrogens with zero attached hydrogens (tertiary/aromatic N) is 4. The van der Waals surface area contributed by atoms with Gasteiger partial charge in [-0.1, -0.05) is 18.6 Å². The minimum absolute atomic E-state index is 0.0574. The fourth-order valence-corrected chi connectivity index (χ4v) is 4.48. The van der Waals surface area contributed by atoms with Gasteiger partial charge in [-0.05, 0) is 37.1 Å². The lowest BCUT2D eigenvalue weighted by molar-refractivity contribution is -0.384. The summed E-state index contributed by atoms with van der Waals surface area (Å²) < 4.78 is 30.3. The van der Waals surface area contributed by atoms with Crippen molar-refractivity contribution in [3.63, 3.8) is 0 Å². The molecule has 29 heavy (non-hydrogen) atoms. The van der Waals surface area contributed by atoms with E-state index >= 15 is 0 Å². The van der Waals surface area contributed by atoms with E-state index < -0.39 is 14.9 Å². The normalized spacial score (nSPS) is 14.1. The molecule has 4 rings (SSSR count). The van der Waals surface area contributed by atoms with Crippen LogP contribution in [0, 0.1) is 10.1 Å². The predicted molar refractivity (Wildman–Crippen MR) is 107 cm³/mol. The van der Waals surface area contributed by atoms with Crippen LogP contribution in [-0.4, -0.2) is 28.1 Å². The summed E-state index contributed by atoms with van der Waals surface area (Å²) in [7, 11) is -3.93. The van der Waals surface area contributed by atoms with Crippen LogP contribution in [0.2, 0.25) is 0 Å². The average molecular weight is 413 g/mol. The van der Waals surface area contributed by atoms with E-state index in [4.69, 9.17) is 0 Å². The largest absolute Gasteiger partial charge is 0.311 e. The number of aromatic nitrogens is 3. The van der Waals surface area contributed by atoms with E-state index in [1.165, 1.54) is 24.3 Å². The molecule has 0 spiro atoms. The summed E-state index contributed by atoms with van der Waals surface area (Å²) >= 11 is 0. The Morgan fingerprint density at radius 2 is 1.76 bits per heavy atom. The van der Waals surface area contributed by atoms with Crippen molar-refractivity contribution in [2.75, 3.05) is 4.72 Å². The number of nitro groups is 1. The molecule has 0 atom stereocenters. The van der Waals surface area contributed by atoms with Crippen molar-refractivity contribution in [3.05, 3.63) is 64.5 Å². The summed E-state index contributed by atoms with van der Waals surface area (Å²) in [4.78, 5) is 10.2. The molecule has 0 amide bonds. The van der Waals surface area contributed by atoms with Crippen molar-refractivity contribution in [1.82, 2.24) is 14.8 Å². The Hall–Kier alpha value is -3.27. The summed E-state index contributed by atoms with van der Waals surface area (Å²) in [5.74, 6) is 1.54. The molecule has 0 saturated heterocycles. The molecule has 3 aromatic rings. The number of nitro benzene ring substituents is 1. The molecule has 0 aliphatic carbocycles. The molecule has 1 aromatic heterocycles. The Bertz CT molecular complexity index is 1160. The van der Waals surface area contributed by atoms with Gasteiger partial charge in [0.25, 0.3) is 15.7 Å². The highest BCUT2D eigenvalue weighted by atomic mass is 32.2. The summed E-state index contributed by atoms with van der Waals surface area (Å²) in [5, 5.41) is 19.4. The highest BCUT2D eigenvalue weighted by Gasteiger charge is 2.21. The zero-order valence-electron chi connectivity index (χ0n) is 15.5. The van der Waals surface area contributed by atoms with E-state index in [2.05, 4.69) is 14.9 Å². The topological polar surface area (TPSA) is 120 Å². The fourth-order valence-electron chi connectivity index (χ4n) is 3.40. The number of anilines is 1. The monoisotopic (exact) mass is 413 g/mol. The molecule has 1 aliphatic heterocycles. The number of non-ortho nitro benzene ring substituents is 1. The van der Waals surface area contributed by atoms with Gasteiger partial charge in [-0.25, -0.2) is 8.42 Å². The molecule has 2 aromatic carbocycles. The molecule has 0 unspecified atom stereocenters. The third-order valence-corrected chi connectivity index (χ3v) is 6.26. The first-order valence-electron chi connectivity index (χ1n) is 9.24. The number of fused-ring (bicyclic) bond motifs is 1. The molecule has 0 bridgehead atoms. The number of hydrogen-bond acceptors (Lipinski definition) is 6. The van der Waals surface area contributed by atoms with Gasteiger partial charge in [-0.3, -0.25) is 14.8 Å². The van der Waals surface area contributed by atoms with Crippen LogP contribution >= 0.6 is 0 Å². The number of aryl methyl sites for hydroxylation is 1. The van der Waals surface area contributed by atoms with Gasteiger partial charge in [0.15, 0.2) is 5.82 Å². The average Bonchev–Trinajstić information content (AvgIpc) is 2.96. The predicted octanol–water partition coefficient (Wildman–Crippen LogP) is 3.38. The van der Waals surface area contributed by atoms with E-state index in [9.17, 15) is 18.5 Å². The summed E-state index contributed by atoms with van der Waals surface area (Å²) in [6.07, 6.45) is 4.06. The summed E-state index contributed by atoms with van der Waals surface area (Å²) in [6.45, 7) is 0.793. The molecule has 10 heteroatoms. The lowest BCUT2D eigenvalue weighted by atomic mass is 10.1. The second-order valence-corrected chi connectivity index (χ2v) is 8.49. The van der Waals surface area contributed by atoms with Gasteiger partial charge in [0.05, 0.1) is 15.5 Å². The highest BCUT2D eigenvalue weighted by Crippen LogP contribution is 2.30. The quantitative estimate of drug-likeness (QED) is 0.506. The van der Waals surface area contributed by atoms with E-state index in [0.29, 0.717) is 17.1 Å². The van der Waals surface area contributed by atoms with Crippen molar-refractivity contribution in [3.8, 4) is 11.4 Å². The zero-order valence-corrected chi connectivity index (χ0v) is 16.3. The molecule has 1 aliphatic rings. The van der Waals surface area contributed by atoms with Crippen LogP contribution < -0.4 is 4.72 Å². The van der Waals surface area contributed by atoms with Crippen LogP contribution in [0.15, 0.2) is 53.4 Å². The van der Waals surface area contributed by atoms with Gasteiger partial charge in [-0.2, -0.15) is 0 Å². The Kier molecular flexibility index (Phi) is 5.01. The minimum Gasteiger partial charge on any atom is -0.311 e. The van der Waals surface area contributed by atoms with Crippen LogP contribution in [0.1, 0.15) is 25.1 Å². The second kappa shape index (κ2) is 7.63. The van der Waals surface area contributed by atoms with Crippen LogP contribution in [-0.2, 0) is 23.0 Å². The SMILES string of the molecule is O=[N+]([O-])c1ccc(S(=O)(=O)Nc2ccccc2-c2nnc3n2CCCCC3)cc1. The maximum atomic E-state index is 12.8. The van der Waals surface area contributed by atoms with E-state index in [0.717, 1.165) is 38.1 Å². The minimum atomic E-state index is -3.93. The highest BCUT2D eigenvalue weighted by molar-refractivity contribution is 7.92. The summed E-state index contributed by atoms with van der Waals surface area (Å²) in [5.41, 5.74) is 0.847. The molecule has 2 heterocycles. The maximum Gasteiger partial charge on any atom is 0.269 e. The maximum absolute atomic E-state index is 12.8. The number of hydrogen-bond donors (Lipinski definition) is 1. The molecule has 0 radical (unpaired) electrons. The van der Waals surface area contributed by atoms with E-state index in [-0.39, 0.29) is 10.6 Å². The van der Waals surface area contributed by atoms with Crippen LogP contribution in [0.4, 0.5) is 11.4 Å². The number of rotatable bonds is 5. The van der Waals surface area contributed by atoms with Crippen molar-refractivity contribution in [2.24, 2.45) is 0 Å². The van der Waals surface area contributed by atoms with Gasteiger partial charge >= 0.3 is 0 Å². The van der Waals surface area contributed by atoms with Gasteiger partial charge in [-0.15, -0.1) is 10.2 Å². The Morgan fingerprint density at radius 1 is 1.00 bits per heavy atom. The third-order valence-electron chi connectivity index (χ3n) is 4.88. The lowest BCUT2D eigenvalue weighted by Gasteiger charge is -2.13. The first-order valence-corrected chi connectivity index (χ1v) is 10.7. The first-order chi connectivity index (χ1) is 14.0. The van der Waals surface area contributed by atoms with Crippen molar-refractivity contribution < 1.29 is 13.3 Å². The Balaban J connectivity index is 1.69. The zero-order chi connectivity index (χ0) is 20.4. The molecule has 1 N–H and O–H groups in total. The number of nitrogens with one attached hydrogen (secondary N) is 1. The fraction of sp³-hybridized carbons (Fsp3) is 0.263. The lowest BCUT2D eigenvalue weighted by Crippen LogP contribution is -2.14.